The predicted molar refractivity (Wildman–Crippen MR) is 71.9 cm³/mol. The number of nitro benzene ring substituents is 1. The molecule has 20 heavy (non-hydrogen) atoms. The Labute approximate surface area is 117 Å². The number of hydrogen-bond acceptors (Lipinski definition) is 5. The van der Waals surface area contributed by atoms with E-state index in [0.29, 0.717) is 13.0 Å². The minimum atomic E-state index is -3.87. The summed E-state index contributed by atoms with van der Waals surface area (Å²) in [4.78, 5) is 9.84. The highest BCUT2D eigenvalue weighted by Gasteiger charge is 2.25. The predicted octanol–water partition coefficient (Wildman–Crippen LogP) is 1.44. The molecule has 7 nitrogen and oxygen atoms in total. The Morgan fingerprint density at radius 3 is 2.80 bits per heavy atom. The standard InChI is InChI=1S/C12H16N2O5S/c15-14(16)11-5-1-2-6-12(11)20(17,18)13-8-7-10-4-3-9-19-10/h1-2,5-6,10,13H,3-4,7-9H2/t10-/m1/s1. The van der Waals surface area contributed by atoms with Crippen molar-refractivity contribution in [3.05, 3.63) is 34.4 Å². The molecule has 1 N–H and O–H groups in total. The summed E-state index contributed by atoms with van der Waals surface area (Å²) in [5.74, 6) is 0. The molecule has 0 spiro atoms. The summed E-state index contributed by atoms with van der Waals surface area (Å²) in [5, 5.41) is 10.8. The van der Waals surface area contributed by atoms with Gasteiger partial charge in [0.2, 0.25) is 10.0 Å². The van der Waals surface area contributed by atoms with Gasteiger partial charge < -0.3 is 4.74 Å². The number of hydrogen-bond donors (Lipinski definition) is 1. The topological polar surface area (TPSA) is 98.5 Å². The lowest BCUT2D eigenvalue weighted by Gasteiger charge is -2.10. The molecule has 8 heteroatoms. The second-order valence-corrected chi connectivity index (χ2v) is 6.28. The van der Waals surface area contributed by atoms with Gasteiger partial charge in [-0.2, -0.15) is 0 Å². The molecule has 110 valence electrons. The minimum Gasteiger partial charge on any atom is -0.378 e. The molecule has 0 aliphatic carbocycles. The van der Waals surface area contributed by atoms with Gasteiger partial charge in [-0.1, -0.05) is 12.1 Å². The number of nitrogens with zero attached hydrogens (tertiary/aromatic N) is 1. The molecular weight excluding hydrogens is 284 g/mol. The molecule has 0 unspecified atom stereocenters. The van der Waals surface area contributed by atoms with Crippen LogP contribution in [0.1, 0.15) is 19.3 Å². The number of nitro groups is 1. The first-order valence-electron chi connectivity index (χ1n) is 6.35. The van der Waals surface area contributed by atoms with Crippen LogP contribution in [0, 0.1) is 10.1 Å². The zero-order valence-corrected chi connectivity index (χ0v) is 11.6. The van der Waals surface area contributed by atoms with Gasteiger partial charge in [0.25, 0.3) is 5.69 Å². The van der Waals surface area contributed by atoms with Crippen molar-refractivity contribution in [3.8, 4) is 0 Å². The van der Waals surface area contributed by atoms with E-state index in [1.54, 1.807) is 0 Å². The molecule has 1 aromatic rings. The average Bonchev–Trinajstić information content (AvgIpc) is 2.91. The van der Waals surface area contributed by atoms with Crippen LogP contribution in [0.4, 0.5) is 5.69 Å². The van der Waals surface area contributed by atoms with Crippen molar-refractivity contribution in [2.24, 2.45) is 0 Å². The van der Waals surface area contributed by atoms with Gasteiger partial charge in [-0.25, -0.2) is 13.1 Å². The Morgan fingerprint density at radius 1 is 1.40 bits per heavy atom. The normalized spacial score (nSPS) is 19.1. The summed E-state index contributed by atoms with van der Waals surface area (Å²) in [7, 11) is -3.87. The molecule has 0 saturated carbocycles. The highest BCUT2D eigenvalue weighted by atomic mass is 32.2. The largest absolute Gasteiger partial charge is 0.378 e. The van der Waals surface area contributed by atoms with Crippen LogP contribution in [0.15, 0.2) is 29.2 Å². The Balaban J connectivity index is 2.04. The van der Waals surface area contributed by atoms with E-state index in [4.69, 9.17) is 4.74 Å². The quantitative estimate of drug-likeness (QED) is 0.633. The van der Waals surface area contributed by atoms with E-state index in [1.807, 2.05) is 0 Å². The second-order valence-electron chi connectivity index (χ2n) is 4.55. The smallest absolute Gasteiger partial charge is 0.289 e. The molecule has 1 aliphatic rings. The summed E-state index contributed by atoms with van der Waals surface area (Å²) in [6, 6.07) is 5.30. The Bertz CT molecular complexity index is 581. The summed E-state index contributed by atoms with van der Waals surface area (Å²) < 4.78 is 31.9. The fourth-order valence-corrected chi connectivity index (χ4v) is 3.36. The molecule has 1 fully saturated rings. The third-order valence-corrected chi connectivity index (χ3v) is 4.64. The number of benzene rings is 1. The van der Waals surface area contributed by atoms with Crippen molar-refractivity contribution < 1.29 is 18.1 Å². The Kier molecular flexibility index (Phi) is 4.69. The van der Waals surface area contributed by atoms with E-state index in [0.717, 1.165) is 12.8 Å². The third-order valence-electron chi connectivity index (χ3n) is 3.13. The lowest BCUT2D eigenvalue weighted by atomic mass is 10.2. The van der Waals surface area contributed by atoms with Crippen LogP contribution in [0.3, 0.4) is 0 Å². The van der Waals surface area contributed by atoms with Crippen molar-refractivity contribution in [3.63, 3.8) is 0 Å². The van der Waals surface area contributed by atoms with Crippen molar-refractivity contribution in [1.82, 2.24) is 4.72 Å². The fraction of sp³-hybridized carbons (Fsp3) is 0.500. The van der Waals surface area contributed by atoms with Crippen LogP contribution in [-0.4, -0.2) is 32.6 Å². The maximum atomic E-state index is 12.1. The molecule has 0 amide bonds. The van der Waals surface area contributed by atoms with E-state index in [2.05, 4.69) is 4.72 Å². The van der Waals surface area contributed by atoms with Crippen LogP contribution < -0.4 is 4.72 Å². The van der Waals surface area contributed by atoms with Gasteiger partial charge >= 0.3 is 0 Å². The second kappa shape index (κ2) is 6.29. The van der Waals surface area contributed by atoms with Crippen LogP contribution in [0.25, 0.3) is 0 Å². The maximum absolute atomic E-state index is 12.1. The minimum absolute atomic E-state index is 0.0726. The van der Waals surface area contributed by atoms with E-state index in [9.17, 15) is 18.5 Å². The van der Waals surface area contributed by atoms with Crippen molar-refractivity contribution in [2.75, 3.05) is 13.2 Å². The first-order valence-corrected chi connectivity index (χ1v) is 7.84. The van der Waals surface area contributed by atoms with Gasteiger partial charge in [0, 0.05) is 19.2 Å². The molecule has 1 heterocycles. The number of nitrogens with one attached hydrogen (secondary N) is 1. The maximum Gasteiger partial charge on any atom is 0.289 e. The van der Waals surface area contributed by atoms with Crippen LogP contribution in [0.2, 0.25) is 0 Å². The SMILES string of the molecule is O=[N+]([O-])c1ccccc1S(=O)(=O)NCC[C@H]1CCCO1. The lowest BCUT2D eigenvalue weighted by molar-refractivity contribution is -0.387. The first kappa shape index (κ1) is 14.9. The van der Waals surface area contributed by atoms with Crippen LogP contribution in [0.5, 0.6) is 0 Å². The van der Waals surface area contributed by atoms with Crippen LogP contribution >= 0.6 is 0 Å². The number of para-hydroxylation sites is 1. The highest BCUT2D eigenvalue weighted by Crippen LogP contribution is 2.22. The Morgan fingerprint density at radius 2 is 2.15 bits per heavy atom. The molecular formula is C12H16N2O5S. The molecule has 0 radical (unpaired) electrons. The molecule has 1 saturated heterocycles. The van der Waals surface area contributed by atoms with Gasteiger partial charge in [-0.05, 0) is 25.3 Å². The van der Waals surface area contributed by atoms with E-state index in [-0.39, 0.29) is 17.5 Å². The summed E-state index contributed by atoms with van der Waals surface area (Å²) in [5.41, 5.74) is -0.419. The van der Waals surface area contributed by atoms with Gasteiger partial charge in [-0.3, -0.25) is 10.1 Å². The van der Waals surface area contributed by atoms with Gasteiger partial charge in [-0.15, -0.1) is 0 Å². The number of ether oxygens (including phenoxy) is 1. The van der Waals surface area contributed by atoms with E-state index >= 15 is 0 Å². The average molecular weight is 300 g/mol. The summed E-state index contributed by atoms with van der Waals surface area (Å²) in [6.45, 7) is 0.917. The van der Waals surface area contributed by atoms with Gasteiger partial charge in [0.1, 0.15) is 0 Å². The van der Waals surface area contributed by atoms with E-state index < -0.39 is 20.6 Å². The lowest BCUT2D eigenvalue weighted by Crippen LogP contribution is -2.27. The summed E-state index contributed by atoms with van der Waals surface area (Å²) in [6.07, 6.45) is 2.55. The van der Waals surface area contributed by atoms with Crippen LogP contribution in [-0.2, 0) is 14.8 Å². The fourth-order valence-electron chi connectivity index (χ4n) is 2.14. The zero-order valence-electron chi connectivity index (χ0n) is 10.8. The van der Waals surface area contributed by atoms with Gasteiger partial charge in [0.15, 0.2) is 4.90 Å². The first-order chi connectivity index (χ1) is 9.50. The molecule has 1 aliphatic heterocycles. The number of rotatable bonds is 6. The van der Waals surface area contributed by atoms with Crippen molar-refractivity contribution >= 4 is 15.7 Å². The highest BCUT2D eigenvalue weighted by molar-refractivity contribution is 7.89. The van der Waals surface area contributed by atoms with Crippen molar-refractivity contribution in [2.45, 2.75) is 30.3 Å². The number of sulfonamides is 1. The monoisotopic (exact) mass is 300 g/mol. The van der Waals surface area contributed by atoms with E-state index in [1.165, 1.54) is 24.3 Å². The van der Waals surface area contributed by atoms with Gasteiger partial charge in [0.05, 0.1) is 11.0 Å². The molecule has 2 rings (SSSR count). The molecule has 0 bridgehead atoms. The zero-order chi connectivity index (χ0) is 14.6. The third kappa shape index (κ3) is 3.53. The molecule has 0 aromatic heterocycles. The molecule has 1 aromatic carbocycles. The summed E-state index contributed by atoms with van der Waals surface area (Å²) >= 11 is 0. The Hall–Kier alpha value is -1.51. The van der Waals surface area contributed by atoms with Crippen molar-refractivity contribution in [1.29, 1.82) is 0 Å². The molecule has 1 atom stereocenters.